The second kappa shape index (κ2) is 9.69. The molecule has 0 N–H and O–H groups in total. The molecule has 0 bridgehead atoms. The third kappa shape index (κ3) is 6.16. The molecule has 120 valence electrons. The highest BCUT2D eigenvalue weighted by atomic mass is 16.5. The molecule has 1 aromatic carbocycles. The lowest BCUT2D eigenvalue weighted by atomic mass is 10.0. The first kappa shape index (κ1) is 17.1. The van der Waals surface area contributed by atoms with Crippen molar-refractivity contribution in [3.63, 3.8) is 0 Å². The molecule has 2 rings (SSSR count). The number of rotatable bonds is 7. The number of aromatic nitrogens is 1. The van der Waals surface area contributed by atoms with Gasteiger partial charge in [0.15, 0.2) is 0 Å². The molecule has 0 spiro atoms. The van der Waals surface area contributed by atoms with Gasteiger partial charge in [0.1, 0.15) is 11.4 Å². The van der Waals surface area contributed by atoms with Crippen molar-refractivity contribution >= 4 is 0 Å². The Morgan fingerprint density at radius 2 is 1.70 bits per heavy atom. The topological polar surface area (TPSA) is 22.1 Å². The van der Waals surface area contributed by atoms with Crippen LogP contribution in [0.1, 0.15) is 55.8 Å². The summed E-state index contributed by atoms with van der Waals surface area (Å²) in [7, 11) is 1.63. The fraction of sp³-hybridized carbons (Fsp3) is 0.381. The lowest BCUT2D eigenvalue weighted by Crippen LogP contribution is -1.87. The molecule has 2 aromatic rings. The van der Waals surface area contributed by atoms with E-state index in [9.17, 15) is 0 Å². The first-order chi connectivity index (χ1) is 11.3. The quantitative estimate of drug-likeness (QED) is 0.530. The van der Waals surface area contributed by atoms with Gasteiger partial charge in [0.25, 0.3) is 0 Å². The van der Waals surface area contributed by atoms with E-state index in [2.05, 4.69) is 48.0 Å². The Kier molecular flexibility index (Phi) is 7.20. The monoisotopic (exact) mass is 307 g/mol. The van der Waals surface area contributed by atoms with Crippen LogP contribution in [0.5, 0.6) is 5.75 Å². The van der Waals surface area contributed by atoms with Gasteiger partial charge in [-0.3, -0.25) is 0 Å². The summed E-state index contributed by atoms with van der Waals surface area (Å²) < 4.78 is 5.09. The van der Waals surface area contributed by atoms with E-state index in [0.29, 0.717) is 0 Å². The summed E-state index contributed by atoms with van der Waals surface area (Å²) >= 11 is 0. The highest BCUT2D eigenvalue weighted by Gasteiger charge is 1.95. The van der Waals surface area contributed by atoms with Crippen molar-refractivity contribution in [3.05, 3.63) is 59.4 Å². The minimum absolute atomic E-state index is 0.749. The van der Waals surface area contributed by atoms with Crippen molar-refractivity contribution in [2.75, 3.05) is 7.11 Å². The van der Waals surface area contributed by atoms with Crippen molar-refractivity contribution in [1.82, 2.24) is 4.98 Å². The zero-order valence-corrected chi connectivity index (χ0v) is 14.1. The summed E-state index contributed by atoms with van der Waals surface area (Å²) in [5.74, 6) is 6.99. The number of hydrogen-bond acceptors (Lipinski definition) is 2. The SMILES string of the molecule is CCCCCCCc1ccc(C#Cc2ccc(OC)cn2)cc1. The van der Waals surface area contributed by atoms with E-state index in [1.165, 1.54) is 37.7 Å². The molecule has 23 heavy (non-hydrogen) atoms. The molecule has 0 fully saturated rings. The van der Waals surface area contributed by atoms with Crippen LogP contribution in [0.25, 0.3) is 0 Å². The van der Waals surface area contributed by atoms with Crippen LogP contribution in [-0.2, 0) is 6.42 Å². The lowest BCUT2D eigenvalue weighted by Gasteiger charge is -2.01. The highest BCUT2D eigenvalue weighted by Crippen LogP contribution is 2.11. The molecular weight excluding hydrogens is 282 g/mol. The number of nitrogens with zero attached hydrogens (tertiary/aromatic N) is 1. The molecule has 0 aliphatic heterocycles. The Morgan fingerprint density at radius 1 is 0.913 bits per heavy atom. The van der Waals surface area contributed by atoms with Crippen LogP contribution >= 0.6 is 0 Å². The zero-order chi connectivity index (χ0) is 16.3. The lowest BCUT2D eigenvalue weighted by molar-refractivity contribution is 0.413. The smallest absolute Gasteiger partial charge is 0.137 e. The fourth-order valence-electron chi connectivity index (χ4n) is 2.40. The van der Waals surface area contributed by atoms with Crippen LogP contribution in [0, 0.1) is 11.8 Å². The summed E-state index contributed by atoms with van der Waals surface area (Å²) in [6, 6.07) is 12.3. The summed E-state index contributed by atoms with van der Waals surface area (Å²) in [6.45, 7) is 2.25. The maximum absolute atomic E-state index is 5.09. The predicted molar refractivity (Wildman–Crippen MR) is 95.7 cm³/mol. The maximum Gasteiger partial charge on any atom is 0.137 e. The predicted octanol–water partition coefficient (Wildman–Crippen LogP) is 5.00. The molecule has 0 aliphatic rings. The molecular formula is C21H25NO. The molecule has 0 unspecified atom stereocenters. The van der Waals surface area contributed by atoms with Gasteiger partial charge in [-0.1, -0.05) is 50.7 Å². The first-order valence-corrected chi connectivity index (χ1v) is 8.43. The van der Waals surface area contributed by atoms with E-state index in [-0.39, 0.29) is 0 Å². The maximum atomic E-state index is 5.09. The number of unbranched alkanes of at least 4 members (excludes halogenated alkanes) is 4. The van der Waals surface area contributed by atoms with Gasteiger partial charge in [-0.2, -0.15) is 0 Å². The number of pyridine rings is 1. The number of benzene rings is 1. The molecule has 0 atom stereocenters. The van der Waals surface area contributed by atoms with Gasteiger partial charge in [0.05, 0.1) is 13.3 Å². The van der Waals surface area contributed by atoms with E-state index in [1.807, 2.05) is 12.1 Å². The highest BCUT2D eigenvalue weighted by molar-refractivity contribution is 5.41. The van der Waals surface area contributed by atoms with Gasteiger partial charge >= 0.3 is 0 Å². The second-order valence-corrected chi connectivity index (χ2v) is 5.69. The molecule has 2 heteroatoms. The normalized spacial score (nSPS) is 10.0. The van der Waals surface area contributed by atoms with E-state index in [0.717, 1.165) is 23.4 Å². The fourth-order valence-corrected chi connectivity index (χ4v) is 2.40. The molecule has 1 heterocycles. The van der Waals surface area contributed by atoms with Crippen LogP contribution in [0.4, 0.5) is 0 Å². The molecule has 0 aliphatic carbocycles. The minimum atomic E-state index is 0.749. The van der Waals surface area contributed by atoms with Gasteiger partial charge in [-0.05, 0) is 48.6 Å². The van der Waals surface area contributed by atoms with E-state index < -0.39 is 0 Å². The average Bonchev–Trinajstić information content (AvgIpc) is 2.61. The van der Waals surface area contributed by atoms with E-state index in [1.54, 1.807) is 13.3 Å². The molecule has 2 nitrogen and oxygen atoms in total. The number of hydrogen-bond donors (Lipinski definition) is 0. The van der Waals surface area contributed by atoms with Crippen molar-refractivity contribution in [2.45, 2.75) is 45.4 Å². The molecule has 1 aromatic heterocycles. The largest absolute Gasteiger partial charge is 0.495 e. The minimum Gasteiger partial charge on any atom is -0.495 e. The van der Waals surface area contributed by atoms with Crippen LogP contribution < -0.4 is 4.74 Å². The standard InChI is InChI=1S/C21H25NO/c1-3-4-5-6-7-8-18-9-11-19(12-10-18)13-14-20-15-16-21(23-2)17-22-20/h9-12,15-17H,3-8H2,1-2H3. The van der Waals surface area contributed by atoms with Crippen molar-refractivity contribution < 1.29 is 4.74 Å². The number of aryl methyl sites for hydroxylation is 1. The van der Waals surface area contributed by atoms with Gasteiger partial charge in [0.2, 0.25) is 0 Å². The van der Waals surface area contributed by atoms with Crippen molar-refractivity contribution in [1.29, 1.82) is 0 Å². The van der Waals surface area contributed by atoms with Crippen LogP contribution in [0.2, 0.25) is 0 Å². The Labute approximate surface area is 139 Å². The molecule has 0 saturated heterocycles. The average molecular weight is 307 g/mol. The van der Waals surface area contributed by atoms with Gasteiger partial charge < -0.3 is 4.74 Å². The summed E-state index contributed by atoms with van der Waals surface area (Å²) in [6.07, 6.45) is 9.47. The number of ether oxygens (including phenoxy) is 1. The van der Waals surface area contributed by atoms with Gasteiger partial charge in [-0.15, -0.1) is 0 Å². The van der Waals surface area contributed by atoms with E-state index in [4.69, 9.17) is 4.74 Å². The number of methoxy groups -OCH3 is 1. The zero-order valence-electron chi connectivity index (χ0n) is 14.1. The summed E-state index contributed by atoms with van der Waals surface area (Å²) in [4.78, 5) is 4.25. The third-order valence-corrected chi connectivity index (χ3v) is 3.83. The van der Waals surface area contributed by atoms with Crippen LogP contribution in [0.3, 0.4) is 0 Å². The molecule has 0 saturated carbocycles. The van der Waals surface area contributed by atoms with Gasteiger partial charge in [0, 0.05) is 5.56 Å². The molecule has 0 amide bonds. The van der Waals surface area contributed by atoms with Crippen LogP contribution in [-0.4, -0.2) is 12.1 Å². The Bertz CT molecular complexity index is 632. The molecule has 0 radical (unpaired) electrons. The Morgan fingerprint density at radius 3 is 2.35 bits per heavy atom. The van der Waals surface area contributed by atoms with Crippen LogP contribution in [0.15, 0.2) is 42.6 Å². The Hall–Kier alpha value is -2.27. The Balaban J connectivity index is 1.86. The summed E-state index contributed by atoms with van der Waals surface area (Å²) in [5, 5.41) is 0. The summed E-state index contributed by atoms with van der Waals surface area (Å²) in [5.41, 5.74) is 3.18. The van der Waals surface area contributed by atoms with Crippen molar-refractivity contribution in [2.24, 2.45) is 0 Å². The second-order valence-electron chi connectivity index (χ2n) is 5.69. The van der Waals surface area contributed by atoms with Gasteiger partial charge in [-0.25, -0.2) is 4.98 Å². The third-order valence-electron chi connectivity index (χ3n) is 3.83. The first-order valence-electron chi connectivity index (χ1n) is 8.43. The van der Waals surface area contributed by atoms with Crippen molar-refractivity contribution in [3.8, 4) is 17.6 Å². The van der Waals surface area contributed by atoms with E-state index >= 15 is 0 Å².